The molecule has 0 bridgehead atoms. The molecule has 0 aliphatic heterocycles. The number of nitrogens with zero attached hydrogens (tertiary/aromatic N) is 1. The fourth-order valence-corrected chi connectivity index (χ4v) is 2.76. The maximum atomic E-state index is 11.2. The van der Waals surface area contributed by atoms with Gasteiger partial charge in [0, 0.05) is 6.07 Å². The highest BCUT2D eigenvalue weighted by Gasteiger charge is 2.11. The van der Waals surface area contributed by atoms with E-state index >= 15 is 0 Å². The summed E-state index contributed by atoms with van der Waals surface area (Å²) in [6.45, 7) is 0.227. The third-order valence-corrected chi connectivity index (χ3v) is 4.13. The van der Waals surface area contributed by atoms with Crippen LogP contribution < -0.4 is 14.6 Å². The minimum absolute atomic E-state index is 0.0150. The van der Waals surface area contributed by atoms with Crippen LogP contribution in [0.25, 0.3) is 0 Å². The monoisotopic (exact) mass is 372 g/mol. The van der Waals surface area contributed by atoms with Gasteiger partial charge in [0.1, 0.15) is 12.4 Å². The number of methoxy groups -OCH3 is 1. The zero-order valence-corrected chi connectivity index (χ0v) is 13.5. The average molecular weight is 373 g/mol. The number of halogens is 1. The second-order valence-corrected chi connectivity index (χ2v) is 6.51. The maximum absolute atomic E-state index is 11.2. The van der Waals surface area contributed by atoms with Gasteiger partial charge in [-0.1, -0.05) is 6.07 Å². The second kappa shape index (κ2) is 6.42. The van der Waals surface area contributed by atoms with E-state index in [1.54, 1.807) is 12.1 Å². The molecule has 2 aromatic rings. The van der Waals surface area contributed by atoms with Crippen LogP contribution in [0.5, 0.6) is 11.6 Å². The number of hydrogen-bond donors (Lipinski definition) is 1. The van der Waals surface area contributed by atoms with E-state index in [-0.39, 0.29) is 11.5 Å². The Balaban J connectivity index is 2.13. The first kappa shape index (κ1) is 15.7. The van der Waals surface area contributed by atoms with Gasteiger partial charge in [-0.2, -0.15) is 0 Å². The first-order valence-electron chi connectivity index (χ1n) is 5.85. The normalized spacial score (nSPS) is 11.2. The Morgan fingerprint density at radius 2 is 2.05 bits per heavy atom. The van der Waals surface area contributed by atoms with E-state index in [1.165, 1.54) is 25.3 Å². The minimum Gasteiger partial charge on any atom is -0.486 e. The lowest BCUT2D eigenvalue weighted by Gasteiger charge is -2.09. The first-order chi connectivity index (χ1) is 9.90. The molecule has 8 heteroatoms. The Kier molecular flexibility index (Phi) is 4.81. The number of aromatic nitrogens is 1. The Morgan fingerprint density at radius 1 is 1.29 bits per heavy atom. The molecule has 0 saturated heterocycles. The van der Waals surface area contributed by atoms with Gasteiger partial charge in [0.25, 0.3) is 0 Å². The van der Waals surface area contributed by atoms with Crippen molar-refractivity contribution in [3.8, 4) is 11.6 Å². The molecule has 6 nitrogen and oxygen atoms in total. The lowest BCUT2D eigenvalue weighted by atomic mass is 10.3. The first-order valence-corrected chi connectivity index (χ1v) is 8.19. The molecule has 1 aromatic carbocycles. The summed E-state index contributed by atoms with van der Waals surface area (Å²) in [4.78, 5) is 4.23. The second-order valence-electron chi connectivity index (χ2n) is 4.10. The van der Waals surface area contributed by atoms with E-state index in [9.17, 15) is 8.42 Å². The molecule has 0 unspecified atom stereocenters. The molecule has 0 aliphatic carbocycles. The van der Waals surface area contributed by atoms with Crippen molar-refractivity contribution in [2.45, 2.75) is 11.5 Å². The van der Waals surface area contributed by atoms with Crippen molar-refractivity contribution in [3.63, 3.8) is 0 Å². The third kappa shape index (κ3) is 4.16. The van der Waals surface area contributed by atoms with E-state index in [1.807, 2.05) is 6.07 Å². The molecule has 0 radical (unpaired) electrons. The van der Waals surface area contributed by atoms with Crippen LogP contribution in [-0.4, -0.2) is 20.5 Å². The molecule has 112 valence electrons. The van der Waals surface area contributed by atoms with E-state index in [0.29, 0.717) is 21.8 Å². The number of ether oxygens (including phenoxy) is 2. The smallest absolute Gasteiger partial charge is 0.238 e. The summed E-state index contributed by atoms with van der Waals surface area (Å²) in [5, 5.41) is 5.06. The fraction of sp³-hybridized carbons (Fsp3) is 0.154. The van der Waals surface area contributed by atoms with Crippen molar-refractivity contribution in [3.05, 3.63) is 46.6 Å². The summed E-state index contributed by atoms with van der Waals surface area (Å²) >= 11 is 3.25. The summed E-state index contributed by atoms with van der Waals surface area (Å²) in [5.41, 5.74) is 0.691. The van der Waals surface area contributed by atoms with Crippen molar-refractivity contribution in [2.24, 2.45) is 5.14 Å². The van der Waals surface area contributed by atoms with Gasteiger partial charge in [-0.25, -0.2) is 18.5 Å². The minimum atomic E-state index is -3.73. The number of pyridine rings is 1. The van der Waals surface area contributed by atoms with Crippen LogP contribution in [0.3, 0.4) is 0 Å². The Morgan fingerprint density at radius 3 is 2.67 bits per heavy atom. The molecule has 1 aromatic heterocycles. The predicted molar refractivity (Wildman–Crippen MR) is 80.6 cm³/mol. The van der Waals surface area contributed by atoms with E-state index in [4.69, 9.17) is 14.6 Å². The molecule has 0 atom stereocenters. The summed E-state index contributed by atoms with van der Waals surface area (Å²) in [7, 11) is -2.20. The van der Waals surface area contributed by atoms with E-state index < -0.39 is 10.0 Å². The van der Waals surface area contributed by atoms with E-state index in [2.05, 4.69) is 20.9 Å². The Labute approximate surface area is 131 Å². The van der Waals surface area contributed by atoms with Crippen molar-refractivity contribution in [1.82, 2.24) is 4.98 Å². The molecule has 2 N–H and O–H groups in total. The van der Waals surface area contributed by atoms with Crippen LogP contribution in [0.2, 0.25) is 0 Å². The third-order valence-electron chi connectivity index (χ3n) is 2.60. The van der Waals surface area contributed by atoms with Crippen molar-refractivity contribution < 1.29 is 17.9 Å². The van der Waals surface area contributed by atoms with Gasteiger partial charge in [-0.3, -0.25) is 0 Å². The number of benzene rings is 1. The van der Waals surface area contributed by atoms with Crippen LogP contribution in [0.1, 0.15) is 5.69 Å². The maximum Gasteiger partial charge on any atom is 0.238 e. The molecule has 0 amide bonds. The number of nitrogens with two attached hydrogens (primary N) is 1. The fourth-order valence-electron chi connectivity index (χ4n) is 1.58. The summed E-state index contributed by atoms with van der Waals surface area (Å²) in [6, 6.07) is 9.65. The number of hydrogen-bond acceptors (Lipinski definition) is 5. The summed E-state index contributed by atoms with van der Waals surface area (Å²) in [6.07, 6.45) is 0. The lowest BCUT2D eigenvalue weighted by Crippen LogP contribution is -2.12. The van der Waals surface area contributed by atoms with Crippen molar-refractivity contribution in [2.75, 3.05) is 7.11 Å². The average Bonchev–Trinajstić information content (AvgIpc) is 2.45. The van der Waals surface area contributed by atoms with E-state index in [0.717, 1.165) is 0 Å². The summed E-state index contributed by atoms with van der Waals surface area (Å²) < 4.78 is 33.6. The molecule has 21 heavy (non-hydrogen) atoms. The molecular formula is C13H13BrN2O4S. The number of sulfonamides is 1. The SMILES string of the molecule is COc1cccc(COc2ccc(S(N)(=O)=O)cc2Br)n1. The number of rotatable bonds is 5. The largest absolute Gasteiger partial charge is 0.486 e. The van der Waals surface area contributed by atoms with Gasteiger partial charge in [-0.05, 0) is 40.2 Å². The van der Waals surface area contributed by atoms with Gasteiger partial charge >= 0.3 is 0 Å². The Bertz CT molecular complexity index is 750. The molecule has 2 rings (SSSR count). The van der Waals surface area contributed by atoms with Crippen LogP contribution in [0, 0.1) is 0 Å². The standard InChI is InChI=1S/C13H13BrN2O4S/c1-19-13-4-2-3-9(16-13)8-20-12-6-5-10(7-11(12)14)21(15,17)18/h2-7H,8H2,1H3,(H2,15,17,18). The molecule has 0 saturated carbocycles. The number of primary sulfonamides is 1. The Hall–Kier alpha value is -1.64. The molecule has 0 fully saturated rings. The van der Waals surface area contributed by atoms with Crippen LogP contribution >= 0.6 is 15.9 Å². The zero-order valence-electron chi connectivity index (χ0n) is 11.1. The highest BCUT2D eigenvalue weighted by Crippen LogP contribution is 2.28. The molecular weight excluding hydrogens is 360 g/mol. The van der Waals surface area contributed by atoms with Gasteiger partial charge in [0.15, 0.2) is 0 Å². The zero-order chi connectivity index (χ0) is 15.5. The lowest BCUT2D eigenvalue weighted by molar-refractivity contribution is 0.296. The van der Waals surface area contributed by atoms with Gasteiger partial charge < -0.3 is 9.47 Å². The highest BCUT2D eigenvalue weighted by molar-refractivity contribution is 9.10. The van der Waals surface area contributed by atoms with Crippen LogP contribution in [0.4, 0.5) is 0 Å². The topological polar surface area (TPSA) is 91.5 Å². The van der Waals surface area contributed by atoms with Gasteiger partial charge in [0.2, 0.25) is 15.9 Å². The highest BCUT2D eigenvalue weighted by atomic mass is 79.9. The van der Waals surface area contributed by atoms with Crippen LogP contribution in [-0.2, 0) is 16.6 Å². The van der Waals surface area contributed by atoms with Crippen LogP contribution in [0.15, 0.2) is 45.8 Å². The van der Waals surface area contributed by atoms with Gasteiger partial charge in [0.05, 0.1) is 22.2 Å². The summed E-state index contributed by atoms with van der Waals surface area (Å²) in [5.74, 6) is 0.992. The quantitative estimate of drug-likeness (QED) is 0.867. The molecule has 0 aliphatic rings. The molecule has 0 spiro atoms. The van der Waals surface area contributed by atoms with Crippen molar-refractivity contribution >= 4 is 26.0 Å². The van der Waals surface area contributed by atoms with Gasteiger partial charge in [-0.15, -0.1) is 0 Å². The van der Waals surface area contributed by atoms with Crippen molar-refractivity contribution in [1.29, 1.82) is 0 Å². The molecule has 1 heterocycles. The predicted octanol–water partition coefficient (Wildman–Crippen LogP) is 2.08.